The SMILES string of the molecule is CN1CCC(N(C)c2ncnc(Nc3cccc(Cl)c3Cl)c2N)CC1. The van der Waals surface area contributed by atoms with Crippen molar-refractivity contribution in [1.29, 1.82) is 0 Å². The zero-order chi connectivity index (χ0) is 18.0. The second-order valence-electron chi connectivity index (χ2n) is 6.33. The highest BCUT2D eigenvalue weighted by Crippen LogP contribution is 2.35. The molecule has 2 aromatic rings. The first-order valence-corrected chi connectivity index (χ1v) is 8.96. The van der Waals surface area contributed by atoms with E-state index >= 15 is 0 Å². The highest BCUT2D eigenvalue weighted by molar-refractivity contribution is 6.43. The third-order valence-electron chi connectivity index (χ3n) is 4.64. The standard InChI is InChI=1S/C17H22Cl2N6/c1-24-8-6-11(7-9-24)25(2)17-15(20)16(21-10-22-17)23-13-5-3-4-12(18)14(13)19/h3-5,10-11H,6-9,20H2,1-2H3,(H,21,22,23). The molecule has 1 aliphatic rings. The fraction of sp³-hybridized carbons (Fsp3) is 0.412. The predicted octanol–water partition coefficient (Wildman–Crippen LogP) is 3.64. The summed E-state index contributed by atoms with van der Waals surface area (Å²) < 4.78 is 0. The Kier molecular flexibility index (Phi) is 5.51. The Labute approximate surface area is 157 Å². The van der Waals surface area contributed by atoms with Gasteiger partial charge < -0.3 is 20.9 Å². The lowest BCUT2D eigenvalue weighted by Gasteiger charge is -2.36. The molecule has 3 N–H and O–H groups in total. The Hall–Kier alpha value is -1.76. The highest BCUT2D eigenvalue weighted by atomic mass is 35.5. The summed E-state index contributed by atoms with van der Waals surface area (Å²) >= 11 is 12.3. The van der Waals surface area contributed by atoms with E-state index in [1.165, 1.54) is 6.33 Å². The van der Waals surface area contributed by atoms with E-state index in [0.717, 1.165) is 31.7 Å². The molecule has 0 amide bonds. The van der Waals surface area contributed by atoms with Gasteiger partial charge in [0, 0.05) is 13.1 Å². The number of piperidine rings is 1. The molecule has 1 fully saturated rings. The van der Waals surface area contributed by atoms with E-state index in [-0.39, 0.29) is 0 Å². The first kappa shape index (κ1) is 18.0. The average Bonchev–Trinajstić information content (AvgIpc) is 2.61. The Morgan fingerprint density at radius 3 is 2.68 bits per heavy atom. The molecule has 25 heavy (non-hydrogen) atoms. The van der Waals surface area contributed by atoms with Gasteiger partial charge in [-0.2, -0.15) is 0 Å². The lowest BCUT2D eigenvalue weighted by molar-refractivity contribution is 0.252. The normalized spacial score (nSPS) is 16.0. The summed E-state index contributed by atoms with van der Waals surface area (Å²) in [6, 6.07) is 5.80. The van der Waals surface area contributed by atoms with Crippen molar-refractivity contribution in [3.63, 3.8) is 0 Å². The van der Waals surface area contributed by atoms with Gasteiger partial charge in [-0.05, 0) is 45.1 Å². The number of benzene rings is 1. The number of halogens is 2. The van der Waals surface area contributed by atoms with Crippen molar-refractivity contribution in [2.24, 2.45) is 0 Å². The maximum absolute atomic E-state index is 6.34. The molecule has 0 spiro atoms. The summed E-state index contributed by atoms with van der Waals surface area (Å²) in [6.07, 6.45) is 3.68. The molecule has 1 aromatic carbocycles. The van der Waals surface area contributed by atoms with Crippen LogP contribution in [-0.4, -0.2) is 48.1 Å². The second-order valence-corrected chi connectivity index (χ2v) is 7.12. The van der Waals surface area contributed by atoms with E-state index in [1.807, 2.05) is 19.2 Å². The van der Waals surface area contributed by atoms with Crippen molar-refractivity contribution in [3.8, 4) is 0 Å². The van der Waals surface area contributed by atoms with E-state index in [0.29, 0.717) is 33.3 Å². The zero-order valence-corrected chi connectivity index (χ0v) is 15.8. The Morgan fingerprint density at radius 1 is 1.24 bits per heavy atom. The molecule has 1 aliphatic heterocycles. The van der Waals surface area contributed by atoms with Gasteiger partial charge in [0.05, 0.1) is 15.7 Å². The molecule has 2 heterocycles. The summed E-state index contributed by atoms with van der Waals surface area (Å²) in [5, 5.41) is 4.07. The third kappa shape index (κ3) is 3.92. The Morgan fingerprint density at radius 2 is 1.96 bits per heavy atom. The summed E-state index contributed by atoms with van der Waals surface area (Å²) in [6.45, 7) is 2.15. The fourth-order valence-corrected chi connectivity index (χ4v) is 3.40. The summed E-state index contributed by atoms with van der Waals surface area (Å²) in [5.74, 6) is 1.25. The lowest BCUT2D eigenvalue weighted by atomic mass is 10.0. The van der Waals surface area contributed by atoms with Crippen LogP contribution >= 0.6 is 23.2 Å². The number of aromatic nitrogens is 2. The van der Waals surface area contributed by atoms with Crippen molar-refractivity contribution in [1.82, 2.24) is 14.9 Å². The molecule has 8 heteroatoms. The van der Waals surface area contributed by atoms with Gasteiger partial charge in [-0.3, -0.25) is 0 Å². The number of anilines is 4. The van der Waals surface area contributed by atoms with Crippen molar-refractivity contribution in [2.75, 3.05) is 43.1 Å². The molecule has 134 valence electrons. The monoisotopic (exact) mass is 380 g/mol. The van der Waals surface area contributed by atoms with Crippen LogP contribution in [-0.2, 0) is 0 Å². The molecule has 1 saturated heterocycles. The van der Waals surface area contributed by atoms with Gasteiger partial charge in [0.25, 0.3) is 0 Å². The molecule has 0 bridgehead atoms. The van der Waals surface area contributed by atoms with Crippen molar-refractivity contribution >= 4 is 46.2 Å². The molecule has 1 aromatic heterocycles. The van der Waals surface area contributed by atoms with Crippen molar-refractivity contribution < 1.29 is 0 Å². The Balaban J connectivity index is 1.83. The number of nitrogen functional groups attached to an aromatic ring is 1. The van der Waals surface area contributed by atoms with Gasteiger partial charge in [-0.1, -0.05) is 29.3 Å². The lowest BCUT2D eigenvalue weighted by Crippen LogP contribution is -2.42. The van der Waals surface area contributed by atoms with Crippen LogP contribution in [0.3, 0.4) is 0 Å². The van der Waals surface area contributed by atoms with Gasteiger partial charge in [0.1, 0.15) is 12.0 Å². The van der Waals surface area contributed by atoms with E-state index in [2.05, 4.69) is 32.1 Å². The van der Waals surface area contributed by atoms with Crippen molar-refractivity contribution in [3.05, 3.63) is 34.6 Å². The summed E-state index contributed by atoms with van der Waals surface area (Å²) in [4.78, 5) is 13.1. The number of hydrogen-bond donors (Lipinski definition) is 2. The van der Waals surface area contributed by atoms with Crippen LogP contribution in [0.25, 0.3) is 0 Å². The minimum Gasteiger partial charge on any atom is -0.393 e. The van der Waals surface area contributed by atoms with E-state index in [4.69, 9.17) is 28.9 Å². The van der Waals surface area contributed by atoms with Gasteiger partial charge in [0.2, 0.25) is 0 Å². The maximum Gasteiger partial charge on any atom is 0.159 e. The summed E-state index contributed by atoms with van der Waals surface area (Å²) in [7, 11) is 4.18. The van der Waals surface area contributed by atoms with Crippen LogP contribution in [0, 0.1) is 0 Å². The molecule has 6 nitrogen and oxygen atoms in total. The number of nitrogens with zero attached hydrogens (tertiary/aromatic N) is 4. The summed E-state index contributed by atoms with van der Waals surface area (Å²) in [5.41, 5.74) is 7.50. The fourth-order valence-electron chi connectivity index (χ4n) is 3.05. The maximum atomic E-state index is 6.34. The minimum absolute atomic E-state index is 0.413. The number of nitrogens with two attached hydrogens (primary N) is 1. The van der Waals surface area contributed by atoms with Crippen LogP contribution in [0.15, 0.2) is 24.5 Å². The molecule has 0 unspecified atom stereocenters. The first-order valence-electron chi connectivity index (χ1n) is 8.20. The van der Waals surface area contributed by atoms with Gasteiger partial charge in [0.15, 0.2) is 11.6 Å². The number of hydrogen-bond acceptors (Lipinski definition) is 6. The topological polar surface area (TPSA) is 70.3 Å². The molecule has 0 aliphatic carbocycles. The van der Waals surface area contributed by atoms with Gasteiger partial charge >= 0.3 is 0 Å². The zero-order valence-electron chi connectivity index (χ0n) is 14.3. The largest absolute Gasteiger partial charge is 0.393 e. The second kappa shape index (κ2) is 7.64. The smallest absolute Gasteiger partial charge is 0.159 e. The van der Waals surface area contributed by atoms with E-state index in [9.17, 15) is 0 Å². The van der Waals surface area contributed by atoms with Crippen LogP contribution in [0.2, 0.25) is 10.0 Å². The number of rotatable bonds is 4. The van der Waals surface area contributed by atoms with Crippen LogP contribution in [0.1, 0.15) is 12.8 Å². The molecule has 0 atom stereocenters. The first-order chi connectivity index (χ1) is 12.0. The van der Waals surface area contributed by atoms with E-state index in [1.54, 1.807) is 6.07 Å². The Bertz CT molecular complexity index is 746. The average molecular weight is 381 g/mol. The molecule has 0 saturated carbocycles. The molecular formula is C17H22Cl2N6. The van der Waals surface area contributed by atoms with Crippen LogP contribution in [0.4, 0.5) is 23.0 Å². The van der Waals surface area contributed by atoms with E-state index < -0.39 is 0 Å². The predicted molar refractivity (Wildman–Crippen MR) is 105 cm³/mol. The number of likely N-dealkylation sites (tertiary alicyclic amines) is 1. The number of nitrogens with one attached hydrogen (secondary N) is 1. The van der Waals surface area contributed by atoms with Gasteiger partial charge in [-0.15, -0.1) is 0 Å². The van der Waals surface area contributed by atoms with Gasteiger partial charge in [-0.25, -0.2) is 9.97 Å². The molecule has 3 rings (SSSR count). The van der Waals surface area contributed by atoms with Crippen LogP contribution < -0.4 is 16.0 Å². The van der Waals surface area contributed by atoms with Crippen molar-refractivity contribution in [2.45, 2.75) is 18.9 Å². The highest BCUT2D eigenvalue weighted by Gasteiger charge is 2.24. The molecular weight excluding hydrogens is 359 g/mol. The van der Waals surface area contributed by atoms with Crippen LogP contribution in [0.5, 0.6) is 0 Å². The third-order valence-corrected chi connectivity index (χ3v) is 5.46. The quantitative estimate of drug-likeness (QED) is 0.843. The minimum atomic E-state index is 0.413. The molecule has 0 radical (unpaired) electrons.